The molecule has 110 valence electrons. The molecule has 0 aliphatic carbocycles. The van der Waals surface area contributed by atoms with Gasteiger partial charge >= 0.3 is 0 Å². The SMILES string of the molecule is Cc1cc(C(=O)N[C@H](C)c2ccc(O)c(F)c2)cc(C)n1. The first-order chi connectivity index (χ1) is 9.86. The summed E-state index contributed by atoms with van der Waals surface area (Å²) in [5.74, 6) is -1.36. The van der Waals surface area contributed by atoms with E-state index in [1.54, 1.807) is 25.1 Å². The normalized spacial score (nSPS) is 12.0. The molecule has 1 aromatic carbocycles. The fraction of sp³-hybridized carbons (Fsp3) is 0.250. The molecule has 2 aromatic rings. The fourth-order valence-corrected chi connectivity index (χ4v) is 2.12. The zero-order chi connectivity index (χ0) is 15.6. The van der Waals surface area contributed by atoms with Crippen LogP contribution in [0.5, 0.6) is 5.75 Å². The van der Waals surface area contributed by atoms with Crippen LogP contribution in [0.25, 0.3) is 0 Å². The van der Waals surface area contributed by atoms with Gasteiger partial charge in [0.15, 0.2) is 11.6 Å². The van der Waals surface area contributed by atoms with Crippen LogP contribution in [0.4, 0.5) is 4.39 Å². The lowest BCUT2D eigenvalue weighted by Gasteiger charge is -2.15. The largest absolute Gasteiger partial charge is 0.505 e. The lowest BCUT2D eigenvalue weighted by atomic mass is 10.1. The van der Waals surface area contributed by atoms with Crippen molar-refractivity contribution >= 4 is 5.91 Å². The number of rotatable bonds is 3. The molecule has 4 nitrogen and oxygen atoms in total. The summed E-state index contributed by atoms with van der Waals surface area (Å²) in [7, 11) is 0. The molecule has 0 aliphatic rings. The second kappa shape index (κ2) is 5.91. The van der Waals surface area contributed by atoms with E-state index < -0.39 is 11.6 Å². The molecule has 0 radical (unpaired) electrons. The number of carbonyl (C=O) groups is 1. The Balaban J connectivity index is 2.16. The molecule has 0 aliphatic heterocycles. The van der Waals surface area contributed by atoms with Gasteiger partial charge in [-0.15, -0.1) is 0 Å². The molecule has 5 heteroatoms. The summed E-state index contributed by atoms with van der Waals surface area (Å²) < 4.78 is 13.3. The predicted octanol–water partition coefficient (Wildman–Crippen LogP) is 3.03. The van der Waals surface area contributed by atoms with Gasteiger partial charge in [-0.05, 0) is 50.6 Å². The Hall–Kier alpha value is -2.43. The van der Waals surface area contributed by atoms with Crippen molar-refractivity contribution in [1.29, 1.82) is 0 Å². The topological polar surface area (TPSA) is 62.2 Å². The number of carbonyl (C=O) groups excluding carboxylic acids is 1. The van der Waals surface area contributed by atoms with E-state index in [-0.39, 0.29) is 11.9 Å². The van der Waals surface area contributed by atoms with Gasteiger partial charge in [0.2, 0.25) is 0 Å². The molecule has 1 atom stereocenters. The number of pyridine rings is 1. The summed E-state index contributed by atoms with van der Waals surface area (Å²) in [4.78, 5) is 16.4. The van der Waals surface area contributed by atoms with Gasteiger partial charge in [-0.3, -0.25) is 9.78 Å². The van der Waals surface area contributed by atoms with Gasteiger partial charge in [0.05, 0.1) is 6.04 Å². The molecule has 1 heterocycles. The average molecular weight is 288 g/mol. The summed E-state index contributed by atoms with van der Waals surface area (Å²) >= 11 is 0. The van der Waals surface area contributed by atoms with Crippen molar-refractivity contribution in [2.75, 3.05) is 0 Å². The molecule has 0 fully saturated rings. The van der Waals surface area contributed by atoms with Crippen LogP contribution in [0.1, 0.15) is 40.3 Å². The van der Waals surface area contributed by atoms with Gasteiger partial charge in [0, 0.05) is 17.0 Å². The molecule has 0 saturated heterocycles. The van der Waals surface area contributed by atoms with E-state index in [1.807, 2.05) is 13.8 Å². The molecule has 0 unspecified atom stereocenters. The summed E-state index contributed by atoms with van der Waals surface area (Å²) in [6.07, 6.45) is 0. The molecule has 0 spiro atoms. The monoisotopic (exact) mass is 288 g/mol. The Bertz CT molecular complexity index is 666. The maximum Gasteiger partial charge on any atom is 0.251 e. The Morgan fingerprint density at radius 3 is 2.43 bits per heavy atom. The lowest BCUT2D eigenvalue weighted by molar-refractivity contribution is 0.0939. The molecule has 1 amide bonds. The summed E-state index contributed by atoms with van der Waals surface area (Å²) in [5.41, 5.74) is 2.64. The number of aromatic hydroxyl groups is 1. The van der Waals surface area contributed by atoms with Gasteiger partial charge < -0.3 is 10.4 Å². The number of phenols is 1. The number of hydrogen-bond acceptors (Lipinski definition) is 3. The number of benzene rings is 1. The Kier molecular flexibility index (Phi) is 4.21. The maximum absolute atomic E-state index is 13.3. The number of nitrogens with one attached hydrogen (secondary N) is 1. The first-order valence-corrected chi connectivity index (χ1v) is 6.61. The molecule has 1 aromatic heterocycles. The molecule has 21 heavy (non-hydrogen) atoms. The minimum absolute atomic E-state index is 0.246. The number of aromatic nitrogens is 1. The highest BCUT2D eigenvalue weighted by atomic mass is 19.1. The number of nitrogens with zero attached hydrogens (tertiary/aromatic N) is 1. The van der Waals surface area contributed by atoms with E-state index >= 15 is 0 Å². The van der Waals surface area contributed by atoms with Crippen LogP contribution in [-0.2, 0) is 0 Å². The van der Waals surface area contributed by atoms with Crippen molar-refractivity contribution in [3.8, 4) is 5.75 Å². The van der Waals surface area contributed by atoms with Gasteiger partial charge in [0.1, 0.15) is 0 Å². The highest BCUT2D eigenvalue weighted by Crippen LogP contribution is 2.21. The minimum Gasteiger partial charge on any atom is -0.505 e. The minimum atomic E-state index is -0.704. The van der Waals surface area contributed by atoms with Crippen molar-refractivity contribution in [2.45, 2.75) is 26.8 Å². The van der Waals surface area contributed by atoms with E-state index in [2.05, 4.69) is 10.3 Å². The first-order valence-electron chi connectivity index (χ1n) is 6.61. The van der Waals surface area contributed by atoms with Crippen LogP contribution in [0.2, 0.25) is 0 Å². The van der Waals surface area contributed by atoms with Gasteiger partial charge in [-0.2, -0.15) is 0 Å². The van der Waals surface area contributed by atoms with Crippen molar-refractivity contribution in [2.24, 2.45) is 0 Å². The van der Waals surface area contributed by atoms with Crippen LogP contribution in [0, 0.1) is 19.7 Å². The predicted molar refractivity (Wildman–Crippen MR) is 77.7 cm³/mol. The van der Waals surface area contributed by atoms with Crippen molar-refractivity contribution < 1.29 is 14.3 Å². The third-order valence-electron chi connectivity index (χ3n) is 3.16. The number of hydrogen-bond donors (Lipinski definition) is 2. The highest BCUT2D eigenvalue weighted by Gasteiger charge is 2.14. The molecule has 0 saturated carbocycles. The average Bonchev–Trinajstić information content (AvgIpc) is 2.40. The van der Waals surface area contributed by atoms with Gasteiger partial charge in [-0.1, -0.05) is 6.07 Å². The Labute approximate surface area is 122 Å². The first kappa shape index (κ1) is 15.0. The third kappa shape index (κ3) is 3.56. The molecule has 0 bridgehead atoms. The summed E-state index contributed by atoms with van der Waals surface area (Å²) in [6.45, 7) is 5.40. The molecule has 2 N–H and O–H groups in total. The molecular formula is C16H17FN2O2. The standard InChI is InChI=1S/C16H17FN2O2/c1-9-6-13(7-10(2)18-9)16(21)19-11(3)12-4-5-15(20)14(17)8-12/h4-8,11,20H,1-3H3,(H,19,21)/t11-/m1/s1. The zero-order valence-electron chi connectivity index (χ0n) is 12.1. The molecule has 2 rings (SSSR count). The van der Waals surface area contributed by atoms with Crippen LogP contribution in [-0.4, -0.2) is 16.0 Å². The third-order valence-corrected chi connectivity index (χ3v) is 3.16. The van der Waals surface area contributed by atoms with E-state index in [9.17, 15) is 14.3 Å². The van der Waals surface area contributed by atoms with E-state index in [4.69, 9.17) is 0 Å². The summed E-state index contributed by atoms with van der Waals surface area (Å²) in [5, 5.41) is 12.0. The zero-order valence-corrected chi connectivity index (χ0v) is 12.1. The van der Waals surface area contributed by atoms with Crippen molar-refractivity contribution in [1.82, 2.24) is 10.3 Å². The highest BCUT2D eigenvalue weighted by molar-refractivity contribution is 5.94. The van der Waals surface area contributed by atoms with Crippen LogP contribution >= 0.6 is 0 Å². The number of amides is 1. The van der Waals surface area contributed by atoms with Crippen LogP contribution < -0.4 is 5.32 Å². The quantitative estimate of drug-likeness (QED) is 0.912. The maximum atomic E-state index is 13.3. The Morgan fingerprint density at radius 1 is 1.24 bits per heavy atom. The van der Waals surface area contributed by atoms with E-state index in [1.165, 1.54) is 12.1 Å². The fourth-order valence-electron chi connectivity index (χ4n) is 2.12. The number of halogens is 1. The Morgan fingerprint density at radius 2 is 1.86 bits per heavy atom. The van der Waals surface area contributed by atoms with Gasteiger partial charge in [-0.25, -0.2) is 4.39 Å². The van der Waals surface area contributed by atoms with E-state index in [0.717, 1.165) is 11.4 Å². The van der Waals surface area contributed by atoms with E-state index in [0.29, 0.717) is 11.1 Å². The van der Waals surface area contributed by atoms with Crippen molar-refractivity contribution in [3.05, 3.63) is 58.7 Å². The number of phenolic OH excluding ortho intramolecular Hbond substituents is 1. The van der Waals surface area contributed by atoms with Crippen LogP contribution in [0.15, 0.2) is 30.3 Å². The second-order valence-electron chi connectivity index (χ2n) is 5.04. The smallest absolute Gasteiger partial charge is 0.251 e. The van der Waals surface area contributed by atoms with Gasteiger partial charge in [0.25, 0.3) is 5.91 Å². The second-order valence-corrected chi connectivity index (χ2v) is 5.04. The lowest BCUT2D eigenvalue weighted by Crippen LogP contribution is -2.27. The van der Waals surface area contributed by atoms with Crippen molar-refractivity contribution in [3.63, 3.8) is 0 Å². The summed E-state index contributed by atoms with van der Waals surface area (Å²) in [6, 6.07) is 7.09. The number of aryl methyl sites for hydroxylation is 2. The molecular weight excluding hydrogens is 271 g/mol. The van der Waals surface area contributed by atoms with Crippen LogP contribution in [0.3, 0.4) is 0 Å².